The van der Waals surface area contributed by atoms with Gasteiger partial charge < -0.3 is 10.2 Å². The van der Waals surface area contributed by atoms with Gasteiger partial charge in [0.15, 0.2) is 0 Å². The van der Waals surface area contributed by atoms with Crippen LogP contribution in [-0.2, 0) is 0 Å². The monoisotopic (exact) mass is 239 g/mol. The Hall–Kier alpha value is -0.740. The molecule has 16 heavy (non-hydrogen) atoms. The number of hydrogen-bond acceptors (Lipinski definition) is 4. The van der Waals surface area contributed by atoms with Crippen LogP contribution in [0.4, 0.5) is 5.82 Å². The summed E-state index contributed by atoms with van der Waals surface area (Å²) in [6, 6.07) is 6.08. The van der Waals surface area contributed by atoms with E-state index >= 15 is 0 Å². The molecule has 0 aliphatic heterocycles. The molecule has 0 unspecified atom stereocenters. The number of hydrogen-bond donors (Lipinski definition) is 1. The van der Waals surface area contributed by atoms with Crippen LogP contribution in [-0.4, -0.2) is 42.3 Å². The topological polar surface area (TPSA) is 28.2 Å². The average molecular weight is 239 g/mol. The van der Waals surface area contributed by atoms with Gasteiger partial charge in [-0.25, -0.2) is 4.98 Å². The molecule has 0 fully saturated rings. The van der Waals surface area contributed by atoms with Gasteiger partial charge in [0.25, 0.3) is 0 Å². The van der Waals surface area contributed by atoms with E-state index in [1.807, 2.05) is 30.9 Å². The van der Waals surface area contributed by atoms with Gasteiger partial charge in [0.05, 0.1) is 5.03 Å². The number of rotatable bonds is 7. The second-order valence-electron chi connectivity index (χ2n) is 3.49. The van der Waals surface area contributed by atoms with Crippen molar-refractivity contribution in [2.45, 2.75) is 18.9 Å². The van der Waals surface area contributed by atoms with Crippen LogP contribution in [0, 0.1) is 0 Å². The largest absolute Gasteiger partial charge is 0.373 e. The highest BCUT2D eigenvalue weighted by Gasteiger charge is 2.01. The molecule has 1 N–H and O–H groups in total. The first kappa shape index (κ1) is 13.3. The van der Waals surface area contributed by atoms with Crippen LogP contribution in [0.5, 0.6) is 0 Å². The molecule has 0 spiro atoms. The van der Waals surface area contributed by atoms with Crippen molar-refractivity contribution in [2.75, 3.05) is 37.8 Å². The standard InChI is InChI=1S/C12H21N3S/c1-4-15(5-2)9-10-16-12-8-6-7-11(13-3)14-12/h6-8H,4-5,9-10H2,1-3H3,(H,13,14). The predicted octanol–water partition coefficient (Wildman–Crippen LogP) is 2.56. The Morgan fingerprint density at radius 3 is 2.69 bits per heavy atom. The third-order valence-corrected chi connectivity index (χ3v) is 3.44. The maximum atomic E-state index is 4.47. The maximum absolute atomic E-state index is 4.47. The predicted molar refractivity (Wildman–Crippen MR) is 72.3 cm³/mol. The molecule has 90 valence electrons. The molecule has 3 nitrogen and oxygen atoms in total. The fourth-order valence-corrected chi connectivity index (χ4v) is 2.35. The number of anilines is 1. The van der Waals surface area contributed by atoms with Crippen molar-refractivity contribution in [1.29, 1.82) is 0 Å². The number of nitrogens with one attached hydrogen (secondary N) is 1. The molecule has 0 aliphatic rings. The Balaban J connectivity index is 2.36. The molecule has 1 rings (SSSR count). The lowest BCUT2D eigenvalue weighted by Gasteiger charge is -2.17. The fraction of sp³-hybridized carbons (Fsp3) is 0.583. The maximum Gasteiger partial charge on any atom is 0.126 e. The van der Waals surface area contributed by atoms with Crippen molar-refractivity contribution >= 4 is 17.6 Å². The summed E-state index contributed by atoms with van der Waals surface area (Å²) in [5.74, 6) is 2.04. The summed E-state index contributed by atoms with van der Waals surface area (Å²) in [6.45, 7) is 7.79. The van der Waals surface area contributed by atoms with Crippen molar-refractivity contribution in [3.63, 3.8) is 0 Å². The van der Waals surface area contributed by atoms with Gasteiger partial charge in [-0.2, -0.15) is 0 Å². The van der Waals surface area contributed by atoms with Gasteiger partial charge in [0.2, 0.25) is 0 Å². The molecule has 0 amide bonds. The lowest BCUT2D eigenvalue weighted by Crippen LogP contribution is -2.25. The summed E-state index contributed by atoms with van der Waals surface area (Å²) in [5, 5.41) is 4.15. The Labute approximate surface area is 103 Å². The summed E-state index contributed by atoms with van der Waals surface area (Å²) in [4.78, 5) is 6.90. The molecule has 0 saturated carbocycles. The summed E-state index contributed by atoms with van der Waals surface area (Å²) in [7, 11) is 1.90. The van der Waals surface area contributed by atoms with Crippen LogP contribution in [0.2, 0.25) is 0 Å². The molecule has 0 radical (unpaired) electrons. The van der Waals surface area contributed by atoms with E-state index in [9.17, 15) is 0 Å². The van der Waals surface area contributed by atoms with Crippen LogP contribution in [0.25, 0.3) is 0 Å². The molecule has 1 heterocycles. The van der Waals surface area contributed by atoms with Crippen molar-refractivity contribution < 1.29 is 0 Å². The van der Waals surface area contributed by atoms with Gasteiger partial charge in [-0.15, -0.1) is 11.8 Å². The molecule has 0 bridgehead atoms. The van der Waals surface area contributed by atoms with Gasteiger partial charge in [-0.05, 0) is 25.2 Å². The van der Waals surface area contributed by atoms with Crippen LogP contribution >= 0.6 is 11.8 Å². The van der Waals surface area contributed by atoms with E-state index in [2.05, 4.69) is 35.1 Å². The number of nitrogens with zero attached hydrogens (tertiary/aromatic N) is 2. The zero-order valence-electron chi connectivity index (χ0n) is 10.4. The minimum atomic E-state index is 0.938. The Morgan fingerprint density at radius 2 is 2.06 bits per heavy atom. The van der Waals surface area contributed by atoms with Crippen molar-refractivity contribution in [3.05, 3.63) is 18.2 Å². The number of aromatic nitrogens is 1. The van der Waals surface area contributed by atoms with E-state index in [1.54, 1.807) is 0 Å². The van der Waals surface area contributed by atoms with Crippen molar-refractivity contribution in [3.8, 4) is 0 Å². The molecule has 0 aromatic carbocycles. The molecular formula is C12H21N3S. The van der Waals surface area contributed by atoms with E-state index < -0.39 is 0 Å². The smallest absolute Gasteiger partial charge is 0.126 e. The molecule has 1 aromatic rings. The molecule has 1 aromatic heterocycles. The minimum Gasteiger partial charge on any atom is -0.373 e. The van der Waals surface area contributed by atoms with Gasteiger partial charge in [-0.3, -0.25) is 0 Å². The summed E-state index contributed by atoms with van der Waals surface area (Å²) in [5.41, 5.74) is 0. The van der Waals surface area contributed by atoms with E-state index in [1.165, 1.54) is 0 Å². The average Bonchev–Trinajstić information content (AvgIpc) is 2.35. The molecule has 0 aliphatic carbocycles. The number of thioether (sulfide) groups is 1. The number of pyridine rings is 1. The van der Waals surface area contributed by atoms with Crippen LogP contribution in [0.1, 0.15) is 13.8 Å². The molecule has 4 heteroatoms. The second kappa shape index (κ2) is 7.52. The van der Waals surface area contributed by atoms with Crippen LogP contribution in [0.3, 0.4) is 0 Å². The summed E-state index contributed by atoms with van der Waals surface area (Å²) in [6.07, 6.45) is 0. The SMILES string of the molecule is CCN(CC)CCSc1cccc(NC)n1. The van der Waals surface area contributed by atoms with Crippen molar-refractivity contribution in [1.82, 2.24) is 9.88 Å². The van der Waals surface area contributed by atoms with Gasteiger partial charge in [0, 0.05) is 19.3 Å². The lowest BCUT2D eigenvalue weighted by atomic mass is 10.5. The Morgan fingerprint density at radius 1 is 1.31 bits per heavy atom. The van der Waals surface area contributed by atoms with Crippen molar-refractivity contribution in [2.24, 2.45) is 0 Å². The fourth-order valence-electron chi connectivity index (χ4n) is 1.45. The molecule has 0 atom stereocenters. The lowest BCUT2D eigenvalue weighted by molar-refractivity contribution is 0.324. The highest BCUT2D eigenvalue weighted by molar-refractivity contribution is 7.99. The Kier molecular flexibility index (Phi) is 6.26. The van der Waals surface area contributed by atoms with Crippen LogP contribution < -0.4 is 5.32 Å². The molecular weight excluding hydrogens is 218 g/mol. The van der Waals surface area contributed by atoms with Crippen LogP contribution in [0.15, 0.2) is 23.2 Å². The quantitative estimate of drug-likeness (QED) is 0.740. The summed E-state index contributed by atoms with van der Waals surface area (Å²) < 4.78 is 0. The van der Waals surface area contributed by atoms with E-state index in [0.717, 1.165) is 36.2 Å². The minimum absolute atomic E-state index is 0.938. The first-order valence-corrected chi connectivity index (χ1v) is 6.78. The summed E-state index contributed by atoms with van der Waals surface area (Å²) >= 11 is 1.82. The molecule has 0 saturated heterocycles. The Bertz CT molecular complexity index is 300. The van der Waals surface area contributed by atoms with Gasteiger partial charge >= 0.3 is 0 Å². The highest BCUT2D eigenvalue weighted by atomic mass is 32.2. The third-order valence-electron chi connectivity index (χ3n) is 2.53. The highest BCUT2D eigenvalue weighted by Crippen LogP contribution is 2.17. The third kappa shape index (κ3) is 4.41. The van der Waals surface area contributed by atoms with E-state index in [0.29, 0.717) is 0 Å². The normalized spacial score (nSPS) is 10.8. The van der Waals surface area contributed by atoms with Gasteiger partial charge in [-0.1, -0.05) is 19.9 Å². The van der Waals surface area contributed by atoms with Gasteiger partial charge in [0.1, 0.15) is 5.82 Å². The zero-order chi connectivity index (χ0) is 11.8. The van der Waals surface area contributed by atoms with E-state index in [4.69, 9.17) is 0 Å². The van der Waals surface area contributed by atoms with E-state index in [-0.39, 0.29) is 0 Å². The first-order valence-electron chi connectivity index (χ1n) is 5.80. The second-order valence-corrected chi connectivity index (χ2v) is 4.60. The zero-order valence-corrected chi connectivity index (χ0v) is 11.2. The first-order chi connectivity index (χ1) is 7.80.